The van der Waals surface area contributed by atoms with Gasteiger partial charge in [0.15, 0.2) is 5.03 Å². The Kier molecular flexibility index (Phi) is 7.11. The number of hydrogen-bond acceptors (Lipinski definition) is 9. The zero-order valence-electron chi connectivity index (χ0n) is 20.7. The van der Waals surface area contributed by atoms with Crippen LogP contribution in [0, 0.1) is 0 Å². The number of sulfonamides is 1. The number of nitrogens with one attached hydrogen (secondary N) is 1. The van der Waals surface area contributed by atoms with Crippen molar-refractivity contribution in [2.24, 2.45) is 0 Å². The lowest BCUT2D eigenvalue weighted by Gasteiger charge is -2.29. The fraction of sp³-hybridized carbons (Fsp3) is 0.360. The number of rotatable bonds is 7. The maximum absolute atomic E-state index is 13.3. The molecular formula is C25H34N6O4S. The second-order valence-corrected chi connectivity index (χ2v) is 10.8. The molecule has 0 aromatic carbocycles. The number of nitrogens with zero attached hydrogens (tertiary/aromatic N) is 4. The fourth-order valence-corrected chi connectivity index (χ4v) is 5.19. The molecule has 11 heteroatoms. The monoisotopic (exact) mass is 514 g/mol. The number of amides is 1. The molecule has 0 spiro atoms. The lowest BCUT2D eigenvalue weighted by Crippen LogP contribution is -2.37. The van der Waals surface area contributed by atoms with E-state index in [1.807, 2.05) is 19.9 Å². The number of carbonyl (C=O) groups is 1. The zero-order valence-corrected chi connectivity index (χ0v) is 21.5. The molecule has 4 rings (SSSR count). The van der Waals surface area contributed by atoms with Crippen LogP contribution in [0.1, 0.15) is 53.7 Å². The minimum Gasteiger partial charge on any atom is -0.475 e. The average molecular weight is 515 g/mol. The van der Waals surface area contributed by atoms with Gasteiger partial charge in [-0.25, -0.2) is 19.7 Å². The molecule has 3 aromatic rings. The maximum Gasteiger partial charge on any atom is 0.281 e. The number of ether oxygens (including phenoxy) is 1. The van der Waals surface area contributed by atoms with Gasteiger partial charge in [-0.1, -0.05) is 6.07 Å². The second kappa shape index (κ2) is 10.1. The standard InChI is InChI=1S/C25H30N6O4S.2H2/c1-15(2)35-22-13-10-18(14-27-22)20-12-11-19(24(28-20)31-16(3)8-9-17(31)4)25(32)30-36(33,34)23-7-5-6-21(26)29-23;;/h5-7,10-17H,8-9H2,1-4H3,(H2,26,29)(H,30,32);2*1H/t16-,17-;;/m1../s1. The predicted octanol–water partition coefficient (Wildman–Crippen LogP) is 3.90. The first kappa shape index (κ1) is 25.4. The molecule has 1 amide bonds. The van der Waals surface area contributed by atoms with Gasteiger partial charge in [0.25, 0.3) is 15.9 Å². The van der Waals surface area contributed by atoms with Crippen molar-refractivity contribution in [3.05, 3.63) is 54.2 Å². The van der Waals surface area contributed by atoms with E-state index < -0.39 is 15.9 Å². The Labute approximate surface area is 214 Å². The number of nitrogen functional groups attached to an aromatic ring is 1. The molecule has 3 N–H and O–H groups in total. The van der Waals surface area contributed by atoms with Crippen molar-refractivity contribution in [2.45, 2.75) is 63.8 Å². The summed E-state index contributed by atoms with van der Waals surface area (Å²) in [6.07, 6.45) is 3.53. The Balaban J connectivity index is 0.00000253. The van der Waals surface area contributed by atoms with Gasteiger partial charge in [-0.3, -0.25) is 4.79 Å². The zero-order chi connectivity index (χ0) is 26.0. The Bertz CT molecular complexity index is 1360. The van der Waals surface area contributed by atoms with Crippen LogP contribution in [0.25, 0.3) is 11.3 Å². The van der Waals surface area contributed by atoms with Gasteiger partial charge in [-0.2, -0.15) is 8.42 Å². The molecule has 0 saturated carbocycles. The first-order valence-electron chi connectivity index (χ1n) is 11.8. The quantitative estimate of drug-likeness (QED) is 0.480. The molecule has 2 atom stereocenters. The smallest absolute Gasteiger partial charge is 0.281 e. The number of aromatic nitrogens is 3. The van der Waals surface area contributed by atoms with E-state index in [-0.39, 0.29) is 37.4 Å². The van der Waals surface area contributed by atoms with Gasteiger partial charge in [-0.05, 0) is 70.9 Å². The fourth-order valence-electron chi connectivity index (χ4n) is 4.25. The summed E-state index contributed by atoms with van der Waals surface area (Å²) in [5, 5.41) is -0.334. The summed E-state index contributed by atoms with van der Waals surface area (Å²) in [5.74, 6) is 0.168. The van der Waals surface area contributed by atoms with Crippen molar-refractivity contribution in [2.75, 3.05) is 10.6 Å². The highest BCUT2D eigenvalue weighted by Gasteiger charge is 2.33. The van der Waals surface area contributed by atoms with E-state index >= 15 is 0 Å². The van der Waals surface area contributed by atoms with Crippen LogP contribution >= 0.6 is 0 Å². The molecule has 0 aliphatic carbocycles. The van der Waals surface area contributed by atoms with E-state index in [0.717, 1.165) is 18.4 Å². The van der Waals surface area contributed by atoms with E-state index in [9.17, 15) is 13.2 Å². The second-order valence-electron chi connectivity index (χ2n) is 9.14. The van der Waals surface area contributed by atoms with Gasteiger partial charge in [0.05, 0.1) is 17.4 Å². The Hall–Kier alpha value is -3.73. The topological polar surface area (TPSA) is 140 Å². The molecule has 4 heterocycles. The molecule has 10 nitrogen and oxygen atoms in total. The molecule has 0 bridgehead atoms. The highest BCUT2D eigenvalue weighted by molar-refractivity contribution is 7.90. The van der Waals surface area contributed by atoms with E-state index in [1.54, 1.807) is 24.4 Å². The van der Waals surface area contributed by atoms with Crippen LogP contribution in [0.15, 0.2) is 53.7 Å². The number of pyridine rings is 3. The third-order valence-corrected chi connectivity index (χ3v) is 7.18. The third kappa shape index (κ3) is 5.40. The van der Waals surface area contributed by atoms with E-state index in [2.05, 4.69) is 33.4 Å². The van der Waals surface area contributed by atoms with Gasteiger partial charge >= 0.3 is 0 Å². The molecule has 194 valence electrons. The minimum absolute atomic E-state index is 0. The molecule has 1 fully saturated rings. The lowest BCUT2D eigenvalue weighted by molar-refractivity contribution is 0.0981. The highest BCUT2D eigenvalue weighted by atomic mass is 32.2. The number of carbonyl (C=O) groups excluding carboxylic acids is 1. The molecule has 3 aromatic heterocycles. The van der Waals surface area contributed by atoms with Crippen LogP contribution in [-0.4, -0.2) is 47.5 Å². The first-order valence-corrected chi connectivity index (χ1v) is 13.3. The Morgan fingerprint density at radius 2 is 1.83 bits per heavy atom. The van der Waals surface area contributed by atoms with Crippen molar-refractivity contribution >= 4 is 27.6 Å². The molecule has 1 aliphatic rings. The molecule has 1 saturated heterocycles. The largest absolute Gasteiger partial charge is 0.475 e. The average Bonchev–Trinajstić information content (AvgIpc) is 3.16. The van der Waals surface area contributed by atoms with Crippen molar-refractivity contribution in [1.29, 1.82) is 0 Å². The molecule has 0 radical (unpaired) electrons. The summed E-state index contributed by atoms with van der Waals surface area (Å²) < 4.78 is 33.4. The van der Waals surface area contributed by atoms with E-state index in [0.29, 0.717) is 17.4 Å². The van der Waals surface area contributed by atoms with Crippen LogP contribution < -0.4 is 20.1 Å². The van der Waals surface area contributed by atoms with Crippen LogP contribution in [0.2, 0.25) is 0 Å². The number of anilines is 2. The van der Waals surface area contributed by atoms with Crippen molar-refractivity contribution < 1.29 is 20.8 Å². The molecule has 36 heavy (non-hydrogen) atoms. The third-order valence-electron chi connectivity index (χ3n) is 5.95. The Morgan fingerprint density at radius 1 is 1.11 bits per heavy atom. The van der Waals surface area contributed by atoms with Gasteiger partial charge in [0.1, 0.15) is 11.6 Å². The van der Waals surface area contributed by atoms with Crippen LogP contribution in [-0.2, 0) is 10.0 Å². The molecular weight excluding hydrogens is 480 g/mol. The highest BCUT2D eigenvalue weighted by Crippen LogP contribution is 2.33. The molecule has 1 aliphatic heterocycles. The maximum atomic E-state index is 13.3. The van der Waals surface area contributed by atoms with Gasteiger partial charge in [0, 0.05) is 32.8 Å². The van der Waals surface area contributed by atoms with Crippen molar-refractivity contribution in [3.8, 4) is 17.1 Å². The van der Waals surface area contributed by atoms with Gasteiger partial charge in [-0.15, -0.1) is 0 Å². The summed E-state index contributed by atoms with van der Waals surface area (Å²) in [5.41, 5.74) is 7.13. The summed E-state index contributed by atoms with van der Waals surface area (Å²) in [4.78, 5) is 28.3. The van der Waals surface area contributed by atoms with Crippen LogP contribution in [0.4, 0.5) is 11.6 Å². The number of nitrogens with two attached hydrogens (primary N) is 1. The normalized spacial score (nSPS) is 17.9. The minimum atomic E-state index is -4.24. The van der Waals surface area contributed by atoms with Crippen molar-refractivity contribution in [1.82, 2.24) is 19.7 Å². The SMILES string of the molecule is CC(C)Oc1ccc(-c2ccc(C(=O)NS(=O)(=O)c3cccc(N)n3)c(N3[C@H](C)CC[C@H]3C)n2)cn1.[HH].[HH]. The molecule has 0 unspecified atom stereocenters. The van der Waals surface area contributed by atoms with Crippen LogP contribution in [0.3, 0.4) is 0 Å². The number of hydrogen-bond donors (Lipinski definition) is 2. The summed E-state index contributed by atoms with van der Waals surface area (Å²) in [6, 6.07) is 11.3. The summed E-state index contributed by atoms with van der Waals surface area (Å²) in [6.45, 7) is 7.97. The van der Waals surface area contributed by atoms with Crippen molar-refractivity contribution in [3.63, 3.8) is 0 Å². The predicted molar refractivity (Wildman–Crippen MR) is 141 cm³/mol. The Morgan fingerprint density at radius 3 is 2.44 bits per heavy atom. The van der Waals surface area contributed by atoms with Gasteiger partial charge < -0.3 is 15.4 Å². The van der Waals surface area contributed by atoms with Gasteiger partial charge in [0.2, 0.25) is 5.88 Å². The van der Waals surface area contributed by atoms with E-state index in [4.69, 9.17) is 15.5 Å². The summed E-state index contributed by atoms with van der Waals surface area (Å²) >= 11 is 0. The lowest BCUT2D eigenvalue weighted by atomic mass is 10.1. The van der Waals surface area contributed by atoms with E-state index in [1.165, 1.54) is 18.2 Å². The summed E-state index contributed by atoms with van der Waals surface area (Å²) in [7, 11) is -4.24. The first-order chi connectivity index (χ1) is 17.0. The van der Waals surface area contributed by atoms with Crippen LogP contribution in [0.5, 0.6) is 5.88 Å².